The number of amides is 3. The first-order chi connectivity index (χ1) is 7.38. The van der Waals surface area contributed by atoms with Gasteiger partial charge in [0.2, 0.25) is 5.91 Å². The molecule has 0 unspecified atom stereocenters. The predicted molar refractivity (Wildman–Crippen MR) is 56.9 cm³/mol. The monoisotopic (exact) mass is 231 g/mol. The molecule has 0 spiro atoms. The standard InChI is InChI=1S/C9H17N3O4/c1-4-10-7(13)5-12(3)9(16)11-6(2)8(14)15/h6H,4-5H2,1-3H3,(H,10,13)(H,11,16)(H,14,15)/t6-/m0/s1. The van der Waals surface area contributed by atoms with Crippen LogP contribution in [0.5, 0.6) is 0 Å². The molecule has 0 saturated heterocycles. The number of carboxylic acids is 1. The van der Waals surface area contributed by atoms with Crippen LogP contribution in [-0.2, 0) is 9.59 Å². The van der Waals surface area contributed by atoms with Crippen LogP contribution in [0.3, 0.4) is 0 Å². The van der Waals surface area contributed by atoms with Crippen molar-refractivity contribution >= 4 is 17.9 Å². The topological polar surface area (TPSA) is 98.7 Å². The molecule has 0 aromatic heterocycles. The van der Waals surface area contributed by atoms with E-state index >= 15 is 0 Å². The molecule has 0 aliphatic rings. The zero-order valence-electron chi connectivity index (χ0n) is 9.61. The van der Waals surface area contributed by atoms with Gasteiger partial charge < -0.3 is 20.6 Å². The second-order valence-corrected chi connectivity index (χ2v) is 3.32. The molecule has 7 heteroatoms. The van der Waals surface area contributed by atoms with Gasteiger partial charge in [-0.05, 0) is 13.8 Å². The number of nitrogens with zero attached hydrogens (tertiary/aromatic N) is 1. The lowest BCUT2D eigenvalue weighted by Gasteiger charge is -2.18. The van der Waals surface area contributed by atoms with Crippen LogP contribution in [-0.4, -0.2) is 54.1 Å². The van der Waals surface area contributed by atoms with Crippen molar-refractivity contribution < 1.29 is 19.5 Å². The predicted octanol–water partition coefficient (Wildman–Crippen LogP) is -0.763. The first-order valence-electron chi connectivity index (χ1n) is 4.89. The lowest BCUT2D eigenvalue weighted by molar-refractivity contribution is -0.138. The molecule has 0 bridgehead atoms. The van der Waals surface area contributed by atoms with Crippen molar-refractivity contribution in [3.8, 4) is 0 Å². The van der Waals surface area contributed by atoms with E-state index in [2.05, 4.69) is 10.6 Å². The lowest BCUT2D eigenvalue weighted by atomic mass is 10.3. The highest BCUT2D eigenvalue weighted by Crippen LogP contribution is 1.88. The molecule has 7 nitrogen and oxygen atoms in total. The smallest absolute Gasteiger partial charge is 0.325 e. The third-order valence-electron chi connectivity index (χ3n) is 1.81. The number of carboxylic acid groups (broad SMARTS) is 1. The maximum absolute atomic E-state index is 11.4. The second kappa shape index (κ2) is 6.65. The zero-order chi connectivity index (χ0) is 12.7. The van der Waals surface area contributed by atoms with Gasteiger partial charge in [-0.3, -0.25) is 9.59 Å². The van der Waals surface area contributed by atoms with Crippen molar-refractivity contribution in [2.75, 3.05) is 20.1 Å². The molecular weight excluding hydrogens is 214 g/mol. The van der Waals surface area contributed by atoms with Crippen LogP contribution in [0.1, 0.15) is 13.8 Å². The molecule has 1 atom stereocenters. The molecule has 16 heavy (non-hydrogen) atoms. The summed E-state index contributed by atoms with van der Waals surface area (Å²) >= 11 is 0. The van der Waals surface area contributed by atoms with Crippen LogP contribution >= 0.6 is 0 Å². The Kier molecular flexibility index (Phi) is 5.91. The Morgan fingerprint density at radius 3 is 2.38 bits per heavy atom. The number of hydrogen-bond acceptors (Lipinski definition) is 3. The number of urea groups is 1. The SMILES string of the molecule is CCNC(=O)CN(C)C(=O)N[C@@H](C)C(=O)O. The van der Waals surface area contributed by atoms with E-state index in [1.165, 1.54) is 14.0 Å². The molecule has 0 aliphatic heterocycles. The van der Waals surface area contributed by atoms with Crippen molar-refractivity contribution in [3.63, 3.8) is 0 Å². The van der Waals surface area contributed by atoms with E-state index < -0.39 is 18.0 Å². The summed E-state index contributed by atoms with van der Waals surface area (Å²) in [6.07, 6.45) is 0. The van der Waals surface area contributed by atoms with Gasteiger partial charge in [0.25, 0.3) is 0 Å². The van der Waals surface area contributed by atoms with Crippen molar-refractivity contribution in [1.82, 2.24) is 15.5 Å². The minimum atomic E-state index is -1.13. The molecule has 0 aromatic rings. The summed E-state index contributed by atoms with van der Waals surface area (Å²) in [5, 5.41) is 13.3. The molecule has 0 heterocycles. The number of carbonyl (C=O) groups excluding carboxylic acids is 2. The Bertz CT molecular complexity index is 280. The van der Waals surface area contributed by atoms with E-state index in [4.69, 9.17) is 5.11 Å². The van der Waals surface area contributed by atoms with Gasteiger partial charge in [0.1, 0.15) is 12.6 Å². The van der Waals surface area contributed by atoms with Gasteiger partial charge in [-0.25, -0.2) is 4.79 Å². The average molecular weight is 231 g/mol. The number of likely N-dealkylation sites (N-methyl/N-ethyl adjacent to an activating group) is 2. The van der Waals surface area contributed by atoms with Crippen LogP contribution in [0.2, 0.25) is 0 Å². The van der Waals surface area contributed by atoms with Gasteiger partial charge in [-0.15, -0.1) is 0 Å². The minimum absolute atomic E-state index is 0.105. The Balaban J connectivity index is 4.08. The minimum Gasteiger partial charge on any atom is -0.480 e. The molecule has 3 amide bonds. The fraction of sp³-hybridized carbons (Fsp3) is 0.667. The van der Waals surface area contributed by atoms with Gasteiger partial charge in [-0.1, -0.05) is 0 Å². The lowest BCUT2D eigenvalue weighted by Crippen LogP contribution is -2.48. The summed E-state index contributed by atoms with van der Waals surface area (Å²) < 4.78 is 0. The Morgan fingerprint density at radius 1 is 1.38 bits per heavy atom. The number of carbonyl (C=O) groups is 3. The first-order valence-corrected chi connectivity index (χ1v) is 4.89. The summed E-state index contributed by atoms with van der Waals surface area (Å²) in [7, 11) is 1.42. The molecule has 0 radical (unpaired) electrons. The largest absolute Gasteiger partial charge is 0.480 e. The number of nitrogens with one attached hydrogen (secondary N) is 2. The van der Waals surface area contributed by atoms with Gasteiger partial charge in [0, 0.05) is 13.6 Å². The van der Waals surface area contributed by atoms with Crippen LogP contribution in [0.4, 0.5) is 4.79 Å². The van der Waals surface area contributed by atoms with E-state index in [1.807, 2.05) is 0 Å². The van der Waals surface area contributed by atoms with E-state index in [9.17, 15) is 14.4 Å². The third-order valence-corrected chi connectivity index (χ3v) is 1.81. The van der Waals surface area contributed by atoms with Crippen LogP contribution < -0.4 is 10.6 Å². The van der Waals surface area contributed by atoms with Crippen molar-refractivity contribution in [3.05, 3.63) is 0 Å². The number of rotatable bonds is 5. The Labute approximate surface area is 93.8 Å². The quantitative estimate of drug-likeness (QED) is 0.579. The highest BCUT2D eigenvalue weighted by Gasteiger charge is 2.17. The fourth-order valence-electron chi connectivity index (χ4n) is 0.897. The highest BCUT2D eigenvalue weighted by molar-refractivity contribution is 5.86. The van der Waals surface area contributed by atoms with Crippen molar-refractivity contribution in [1.29, 1.82) is 0 Å². The highest BCUT2D eigenvalue weighted by atomic mass is 16.4. The van der Waals surface area contributed by atoms with E-state index in [1.54, 1.807) is 6.92 Å². The van der Waals surface area contributed by atoms with Gasteiger partial charge in [0.15, 0.2) is 0 Å². The summed E-state index contributed by atoms with van der Waals surface area (Å²) in [5.74, 6) is -1.41. The number of aliphatic carboxylic acids is 1. The zero-order valence-corrected chi connectivity index (χ0v) is 9.61. The summed E-state index contributed by atoms with van der Waals surface area (Å²) in [5.41, 5.74) is 0. The number of hydrogen-bond donors (Lipinski definition) is 3. The first kappa shape index (κ1) is 14.2. The maximum atomic E-state index is 11.4. The normalized spacial score (nSPS) is 11.4. The van der Waals surface area contributed by atoms with Gasteiger partial charge in [-0.2, -0.15) is 0 Å². The molecule has 0 rings (SSSR count). The molecule has 3 N–H and O–H groups in total. The summed E-state index contributed by atoms with van der Waals surface area (Å²) in [4.78, 5) is 34.1. The van der Waals surface area contributed by atoms with Crippen LogP contribution in [0, 0.1) is 0 Å². The maximum Gasteiger partial charge on any atom is 0.325 e. The third kappa shape index (κ3) is 5.18. The molecule has 0 aliphatic carbocycles. The molecule has 0 fully saturated rings. The van der Waals surface area contributed by atoms with E-state index in [0.717, 1.165) is 4.90 Å². The molecule has 0 saturated carbocycles. The molecular formula is C9H17N3O4. The summed E-state index contributed by atoms with van der Waals surface area (Å²) in [6, 6.07) is -1.58. The van der Waals surface area contributed by atoms with Crippen LogP contribution in [0.25, 0.3) is 0 Å². The fourth-order valence-corrected chi connectivity index (χ4v) is 0.897. The molecule has 0 aromatic carbocycles. The van der Waals surface area contributed by atoms with E-state index in [-0.39, 0.29) is 12.5 Å². The van der Waals surface area contributed by atoms with Crippen molar-refractivity contribution in [2.24, 2.45) is 0 Å². The van der Waals surface area contributed by atoms with Crippen molar-refractivity contribution in [2.45, 2.75) is 19.9 Å². The van der Waals surface area contributed by atoms with Crippen LogP contribution in [0.15, 0.2) is 0 Å². The summed E-state index contributed by atoms with van der Waals surface area (Å²) in [6.45, 7) is 3.50. The Morgan fingerprint density at radius 2 is 1.94 bits per heavy atom. The Hall–Kier alpha value is -1.79. The second-order valence-electron chi connectivity index (χ2n) is 3.32. The molecule has 92 valence electrons. The van der Waals surface area contributed by atoms with Gasteiger partial charge in [0.05, 0.1) is 0 Å². The van der Waals surface area contributed by atoms with E-state index in [0.29, 0.717) is 6.54 Å². The van der Waals surface area contributed by atoms with Gasteiger partial charge >= 0.3 is 12.0 Å². The average Bonchev–Trinajstić information content (AvgIpc) is 2.17.